The van der Waals surface area contributed by atoms with E-state index in [0.29, 0.717) is 6.04 Å². The van der Waals surface area contributed by atoms with Gasteiger partial charge in [0.15, 0.2) is 0 Å². The minimum absolute atomic E-state index is 0.0169. The minimum Gasteiger partial charge on any atom is -0.343 e. The van der Waals surface area contributed by atoms with E-state index >= 15 is 0 Å². The Hall–Kier alpha value is -1.49. The number of nitrogens with zero attached hydrogens (tertiary/aromatic N) is 1. The summed E-state index contributed by atoms with van der Waals surface area (Å²) in [5.41, 5.74) is 0.267. The Morgan fingerprint density at radius 1 is 1.35 bits per heavy atom. The van der Waals surface area contributed by atoms with Crippen LogP contribution in [0.5, 0.6) is 0 Å². The van der Waals surface area contributed by atoms with Gasteiger partial charge in [0.25, 0.3) is 0 Å². The second kappa shape index (κ2) is 6.79. The highest BCUT2D eigenvalue weighted by Crippen LogP contribution is 2.15. The molecule has 1 amide bonds. The van der Waals surface area contributed by atoms with Crippen LogP contribution >= 0.6 is 0 Å². The number of carbonyl (C=O) groups is 1. The third-order valence-corrected chi connectivity index (χ3v) is 3.87. The molecule has 2 rings (SSSR count). The van der Waals surface area contributed by atoms with Gasteiger partial charge in [-0.1, -0.05) is 0 Å². The number of halogens is 2. The van der Waals surface area contributed by atoms with E-state index < -0.39 is 11.6 Å². The molecule has 110 valence electrons. The van der Waals surface area contributed by atoms with Crippen molar-refractivity contribution in [1.29, 1.82) is 0 Å². The van der Waals surface area contributed by atoms with Crippen molar-refractivity contribution in [3.63, 3.8) is 0 Å². The Morgan fingerprint density at radius 2 is 2.05 bits per heavy atom. The number of rotatable bonds is 4. The van der Waals surface area contributed by atoms with E-state index in [1.165, 1.54) is 0 Å². The maximum atomic E-state index is 13.5. The van der Waals surface area contributed by atoms with Gasteiger partial charge in [0, 0.05) is 25.6 Å². The summed E-state index contributed by atoms with van der Waals surface area (Å²) in [6, 6.07) is 3.83. The van der Waals surface area contributed by atoms with E-state index in [2.05, 4.69) is 5.32 Å². The van der Waals surface area contributed by atoms with Crippen LogP contribution in [-0.2, 0) is 11.2 Å². The highest BCUT2D eigenvalue weighted by atomic mass is 19.1. The molecule has 5 heteroatoms. The highest BCUT2D eigenvalue weighted by Gasteiger charge is 2.21. The van der Waals surface area contributed by atoms with E-state index in [-0.39, 0.29) is 24.3 Å². The summed E-state index contributed by atoms with van der Waals surface area (Å²) in [7, 11) is 1.93. The zero-order valence-corrected chi connectivity index (χ0v) is 11.7. The van der Waals surface area contributed by atoms with Crippen LogP contribution in [-0.4, -0.2) is 37.0 Å². The summed E-state index contributed by atoms with van der Waals surface area (Å²) in [5, 5.41) is 3.21. The first kappa shape index (κ1) is 14.9. The molecule has 1 heterocycles. The fourth-order valence-electron chi connectivity index (χ4n) is 2.55. The molecule has 1 saturated heterocycles. The lowest BCUT2D eigenvalue weighted by Crippen LogP contribution is -2.44. The van der Waals surface area contributed by atoms with Crippen LogP contribution in [0.1, 0.15) is 24.8 Å². The molecule has 1 aliphatic rings. The molecule has 1 aliphatic heterocycles. The molecule has 3 nitrogen and oxygen atoms in total. The van der Waals surface area contributed by atoms with Gasteiger partial charge in [-0.25, -0.2) is 8.78 Å². The molecule has 0 bridgehead atoms. The first-order valence-electron chi connectivity index (χ1n) is 6.99. The highest BCUT2D eigenvalue weighted by molar-refractivity contribution is 5.76. The second-order valence-corrected chi connectivity index (χ2v) is 5.18. The van der Waals surface area contributed by atoms with Crippen molar-refractivity contribution >= 4 is 5.91 Å². The van der Waals surface area contributed by atoms with Gasteiger partial charge in [-0.2, -0.15) is 0 Å². The van der Waals surface area contributed by atoms with E-state index in [1.54, 1.807) is 0 Å². The zero-order valence-electron chi connectivity index (χ0n) is 11.7. The largest absolute Gasteiger partial charge is 0.343 e. The van der Waals surface area contributed by atoms with Crippen LogP contribution < -0.4 is 5.32 Å². The zero-order chi connectivity index (χ0) is 14.5. The number of amides is 1. The average molecular weight is 282 g/mol. The summed E-state index contributed by atoms with van der Waals surface area (Å²) >= 11 is 0. The lowest BCUT2D eigenvalue weighted by Gasteiger charge is -2.31. The molecule has 0 aliphatic carbocycles. The van der Waals surface area contributed by atoms with Gasteiger partial charge in [-0.3, -0.25) is 4.79 Å². The van der Waals surface area contributed by atoms with Crippen LogP contribution in [0.2, 0.25) is 0 Å². The van der Waals surface area contributed by atoms with Crippen LogP contribution in [0.25, 0.3) is 0 Å². The summed E-state index contributed by atoms with van der Waals surface area (Å²) in [6.07, 6.45) is 2.35. The summed E-state index contributed by atoms with van der Waals surface area (Å²) in [6.45, 7) is 1.46. The van der Waals surface area contributed by atoms with Gasteiger partial charge < -0.3 is 10.2 Å². The van der Waals surface area contributed by atoms with Gasteiger partial charge in [-0.05, 0) is 50.1 Å². The van der Waals surface area contributed by atoms with Crippen LogP contribution in [0.15, 0.2) is 18.2 Å². The van der Waals surface area contributed by atoms with E-state index in [1.807, 2.05) is 11.9 Å². The van der Waals surface area contributed by atoms with Gasteiger partial charge in [0.2, 0.25) is 5.91 Å². The maximum absolute atomic E-state index is 13.5. The molecule has 20 heavy (non-hydrogen) atoms. The number of aryl methyl sites for hydroxylation is 1. The molecular formula is C15H20F2N2O. The third-order valence-electron chi connectivity index (χ3n) is 3.87. The van der Waals surface area contributed by atoms with Gasteiger partial charge >= 0.3 is 0 Å². The molecule has 0 spiro atoms. The Balaban J connectivity index is 1.85. The number of piperidine rings is 1. The molecular weight excluding hydrogens is 262 g/mol. The molecule has 1 aromatic carbocycles. The van der Waals surface area contributed by atoms with Gasteiger partial charge in [-0.15, -0.1) is 0 Å². The normalized spacial score (nSPS) is 16.4. The molecule has 0 saturated carbocycles. The fourth-order valence-corrected chi connectivity index (χ4v) is 2.55. The van der Waals surface area contributed by atoms with Crippen molar-refractivity contribution < 1.29 is 13.6 Å². The molecule has 1 fully saturated rings. The smallest absolute Gasteiger partial charge is 0.222 e. The topological polar surface area (TPSA) is 32.3 Å². The molecule has 0 radical (unpaired) electrons. The Bertz CT molecular complexity index is 471. The van der Waals surface area contributed by atoms with Crippen LogP contribution in [0.3, 0.4) is 0 Å². The minimum atomic E-state index is -0.469. The quantitative estimate of drug-likeness (QED) is 0.917. The predicted molar refractivity (Wildman–Crippen MR) is 73.3 cm³/mol. The number of likely N-dealkylation sites (tertiary alicyclic amines) is 1. The SMILES string of the molecule is CNC1CCN(C(=O)CCc2cc(F)ccc2F)CC1. The Labute approximate surface area is 118 Å². The monoisotopic (exact) mass is 282 g/mol. The number of carbonyl (C=O) groups excluding carboxylic acids is 1. The lowest BCUT2D eigenvalue weighted by atomic mass is 10.0. The summed E-state index contributed by atoms with van der Waals surface area (Å²) in [5.74, 6) is -0.903. The van der Waals surface area contributed by atoms with Crippen molar-refractivity contribution in [2.24, 2.45) is 0 Å². The van der Waals surface area contributed by atoms with Crippen LogP contribution in [0, 0.1) is 11.6 Å². The average Bonchev–Trinajstić information content (AvgIpc) is 2.48. The molecule has 0 unspecified atom stereocenters. The first-order chi connectivity index (χ1) is 9.60. The summed E-state index contributed by atoms with van der Waals surface area (Å²) in [4.78, 5) is 13.9. The maximum Gasteiger partial charge on any atom is 0.222 e. The lowest BCUT2D eigenvalue weighted by molar-refractivity contribution is -0.132. The van der Waals surface area contributed by atoms with Crippen molar-refractivity contribution in [2.45, 2.75) is 31.7 Å². The first-order valence-corrected chi connectivity index (χ1v) is 6.99. The van der Waals surface area contributed by atoms with Crippen molar-refractivity contribution in [2.75, 3.05) is 20.1 Å². The molecule has 1 N–H and O–H groups in total. The van der Waals surface area contributed by atoms with Gasteiger partial charge in [0.05, 0.1) is 0 Å². The Kier molecular flexibility index (Phi) is 5.06. The van der Waals surface area contributed by atoms with E-state index in [4.69, 9.17) is 0 Å². The summed E-state index contributed by atoms with van der Waals surface area (Å²) < 4.78 is 26.5. The van der Waals surface area contributed by atoms with Crippen molar-refractivity contribution in [3.05, 3.63) is 35.4 Å². The fraction of sp³-hybridized carbons (Fsp3) is 0.533. The number of nitrogens with one attached hydrogen (secondary N) is 1. The number of hydrogen-bond acceptors (Lipinski definition) is 2. The van der Waals surface area contributed by atoms with E-state index in [9.17, 15) is 13.6 Å². The third kappa shape index (κ3) is 3.76. The molecule has 0 aromatic heterocycles. The van der Waals surface area contributed by atoms with Crippen molar-refractivity contribution in [1.82, 2.24) is 10.2 Å². The standard InChI is InChI=1S/C15H20F2N2O/c1-18-13-6-8-19(9-7-13)15(20)5-2-11-10-12(16)3-4-14(11)17/h3-4,10,13,18H,2,5-9H2,1H3. The second-order valence-electron chi connectivity index (χ2n) is 5.18. The molecule has 0 atom stereocenters. The predicted octanol–water partition coefficient (Wildman–Crippen LogP) is 2.11. The van der Waals surface area contributed by atoms with E-state index in [0.717, 1.165) is 44.1 Å². The van der Waals surface area contributed by atoms with Crippen LogP contribution in [0.4, 0.5) is 8.78 Å². The number of hydrogen-bond donors (Lipinski definition) is 1. The molecule has 1 aromatic rings. The Morgan fingerprint density at radius 3 is 2.70 bits per heavy atom. The van der Waals surface area contributed by atoms with Gasteiger partial charge in [0.1, 0.15) is 11.6 Å². The number of benzene rings is 1. The van der Waals surface area contributed by atoms with Crippen molar-refractivity contribution in [3.8, 4) is 0 Å².